The van der Waals surface area contributed by atoms with Crippen molar-refractivity contribution in [1.29, 1.82) is 0 Å². The molecule has 0 aromatic heterocycles. The average Bonchev–Trinajstić information content (AvgIpc) is 2.61. The summed E-state index contributed by atoms with van der Waals surface area (Å²) in [5.74, 6) is 1.62. The minimum atomic E-state index is -0.978. The number of hydrogen-bond acceptors (Lipinski definition) is 4. The van der Waals surface area contributed by atoms with Gasteiger partial charge in [-0.3, -0.25) is 4.89 Å². The number of allylic oxidation sites excluding steroid dienone is 5. The van der Waals surface area contributed by atoms with Crippen molar-refractivity contribution in [3.8, 4) is 12.3 Å². The average molecular weight is 373 g/mol. The Morgan fingerprint density at radius 1 is 1.48 bits per heavy atom. The van der Waals surface area contributed by atoms with Gasteiger partial charge in [0, 0.05) is 6.42 Å². The molecule has 148 valence electrons. The van der Waals surface area contributed by atoms with Gasteiger partial charge in [-0.25, -0.2) is 4.79 Å². The maximum absolute atomic E-state index is 12.2. The molecule has 0 bridgehead atoms. The minimum absolute atomic E-state index is 0.0244. The molecular weight excluding hydrogens is 340 g/mol. The van der Waals surface area contributed by atoms with Gasteiger partial charge in [0.05, 0.1) is 0 Å². The molecule has 0 aliphatic heterocycles. The zero-order valence-electron chi connectivity index (χ0n) is 16.8. The van der Waals surface area contributed by atoms with Crippen LogP contribution in [0, 0.1) is 24.2 Å². The smallest absolute Gasteiger partial charge is 0.376 e. The standard InChI is InChI=1S/C23H32O4/c1-6-8-9-11-18(10-7-2)22(23(25)27-26)21(24)15-19-14-17(5)12-13-20(19)16(3)4/h2,10,14,19-20,24,26H,3,6,8-9,11-13,15H2,1,4-5H3/b18-10-,22-21-/t19?,20-/m0/s1. The highest BCUT2D eigenvalue weighted by Crippen LogP contribution is 2.37. The second-order valence-electron chi connectivity index (χ2n) is 7.37. The van der Waals surface area contributed by atoms with Gasteiger partial charge in [-0.2, -0.15) is 5.26 Å². The summed E-state index contributed by atoms with van der Waals surface area (Å²) in [6.07, 6.45) is 14.6. The quantitative estimate of drug-likeness (QED) is 0.0773. The third kappa shape index (κ3) is 6.77. The van der Waals surface area contributed by atoms with Crippen LogP contribution in [0.4, 0.5) is 0 Å². The Morgan fingerprint density at radius 3 is 2.74 bits per heavy atom. The molecule has 0 saturated heterocycles. The van der Waals surface area contributed by atoms with Gasteiger partial charge < -0.3 is 5.11 Å². The van der Waals surface area contributed by atoms with E-state index in [2.05, 4.69) is 37.3 Å². The number of aliphatic hydroxyl groups excluding tert-OH is 1. The SMILES string of the molecule is C#C/C=C(CCCCC)\C(C(=O)OO)=C(\O)CC1C=C(C)CC[C@H]1C(=C)C. The van der Waals surface area contributed by atoms with Crippen molar-refractivity contribution < 1.29 is 20.0 Å². The molecule has 2 N–H and O–H groups in total. The van der Waals surface area contributed by atoms with Gasteiger partial charge in [0.1, 0.15) is 11.3 Å². The van der Waals surface area contributed by atoms with Crippen molar-refractivity contribution in [3.63, 3.8) is 0 Å². The first-order valence-electron chi connectivity index (χ1n) is 9.61. The molecule has 27 heavy (non-hydrogen) atoms. The summed E-state index contributed by atoms with van der Waals surface area (Å²) in [6, 6.07) is 0. The summed E-state index contributed by atoms with van der Waals surface area (Å²) in [5, 5.41) is 19.7. The molecule has 0 saturated carbocycles. The largest absolute Gasteiger partial charge is 0.511 e. The lowest BCUT2D eigenvalue weighted by Gasteiger charge is -2.30. The molecule has 1 aliphatic carbocycles. The Balaban J connectivity index is 3.24. The van der Waals surface area contributed by atoms with Crippen molar-refractivity contribution in [2.45, 2.75) is 65.7 Å². The molecule has 2 atom stereocenters. The van der Waals surface area contributed by atoms with Crippen molar-refractivity contribution in [1.82, 2.24) is 0 Å². The van der Waals surface area contributed by atoms with Crippen LogP contribution in [-0.2, 0) is 9.68 Å². The van der Waals surface area contributed by atoms with E-state index >= 15 is 0 Å². The van der Waals surface area contributed by atoms with Crippen LogP contribution in [0.25, 0.3) is 0 Å². The molecule has 0 aromatic rings. The molecule has 1 aliphatic rings. The van der Waals surface area contributed by atoms with Crippen LogP contribution in [0.3, 0.4) is 0 Å². The zero-order valence-corrected chi connectivity index (χ0v) is 16.8. The van der Waals surface area contributed by atoms with Gasteiger partial charge in [0.2, 0.25) is 0 Å². The predicted octanol–water partition coefficient (Wildman–Crippen LogP) is 5.89. The fourth-order valence-electron chi connectivity index (χ4n) is 3.72. The second-order valence-corrected chi connectivity index (χ2v) is 7.37. The van der Waals surface area contributed by atoms with E-state index in [1.165, 1.54) is 11.6 Å². The first-order valence-corrected chi connectivity index (χ1v) is 9.61. The van der Waals surface area contributed by atoms with E-state index < -0.39 is 5.97 Å². The van der Waals surface area contributed by atoms with E-state index in [0.29, 0.717) is 12.0 Å². The summed E-state index contributed by atoms with van der Waals surface area (Å²) in [6.45, 7) is 10.2. The van der Waals surface area contributed by atoms with E-state index in [1.54, 1.807) is 0 Å². The molecule has 0 fully saturated rings. The molecule has 0 aromatic carbocycles. The Kier molecular flexibility index (Phi) is 9.67. The fourth-order valence-corrected chi connectivity index (χ4v) is 3.72. The summed E-state index contributed by atoms with van der Waals surface area (Å²) < 4.78 is 0. The van der Waals surface area contributed by atoms with Crippen LogP contribution in [0.1, 0.15) is 65.7 Å². The summed E-state index contributed by atoms with van der Waals surface area (Å²) >= 11 is 0. The first-order chi connectivity index (χ1) is 12.8. The van der Waals surface area contributed by atoms with Gasteiger partial charge in [-0.15, -0.1) is 6.42 Å². The van der Waals surface area contributed by atoms with E-state index in [0.717, 1.165) is 37.7 Å². The lowest BCUT2D eigenvalue weighted by molar-refractivity contribution is -0.229. The van der Waals surface area contributed by atoms with Crippen molar-refractivity contribution >= 4 is 5.97 Å². The Hall–Kier alpha value is -2.25. The molecule has 0 amide bonds. The van der Waals surface area contributed by atoms with Gasteiger partial charge in [-0.05, 0) is 63.0 Å². The van der Waals surface area contributed by atoms with Gasteiger partial charge in [0.25, 0.3) is 0 Å². The fraction of sp³-hybridized carbons (Fsp3) is 0.522. The Morgan fingerprint density at radius 2 is 2.19 bits per heavy atom. The highest BCUT2D eigenvalue weighted by Gasteiger charge is 2.28. The van der Waals surface area contributed by atoms with Crippen LogP contribution >= 0.6 is 0 Å². The first kappa shape index (κ1) is 22.8. The molecule has 4 nitrogen and oxygen atoms in total. The highest BCUT2D eigenvalue weighted by molar-refractivity contribution is 5.93. The van der Waals surface area contributed by atoms with Crippen LogP contribution < -0.4 is 0 Å². The number of unbranched alkanes of at least 4 members (excludes halogenated alkanes) is 2. The molecular formula is C23H32O4. The number of hydrogen-bond donors (Lipinski definition) is 2. The maximum atomic E-state index is 12.2. The van der Waals surface area contributed by atoms with Crippen LogP contribution in [0.2, 0.25) is 0 Å². The van der Waals surface area contributed by atoms with Crippen molar-refractivity contribution in [3.05, 3.63) is 46.8 Å². The molecule has 1 rings (SSSR count). The van der Waals surface area contributed by atoms with E-state index in [1.807, 2.05) is 6.92 Å². The highest BCUT2D eigenvalue weighted by atomic mass is 17.1. The summed E-state index contributed by atoms with van der Waals surface area (Å²) in [4.78, 5) is 16.1. The molecule has 4 heteroatoms. The van der Waals surface area contributed by atoms with Crippen LogP contribution in [-0.4, -0.2) is 16.3 Å². The lowest BCUT2D eigenvalue weighted by Crippen LogP contribution is -2.20. The maximum Gasteiger partial charge on any atom is 0.376 e. The number of carbonyl (C=O) groups excluding carboxylic acids is 1. The van der Waals surface area contributed by atoms with Gasteiger partial charge >= 0.3 is 5.97 Å². The molecule has 1 unspecified atom stereocenters. The van der Waals surface area contributed by atoms with Gasteiger partial charge in [0.15, 0.2) is 0 Å². The third-order valence-electron chi connectivity index (χ3n) is 5.13. The lowest BCUT2D eigenvalue weighted by atomic mass is 9.75. The summed E-state index contributed by atoms with van der Waals surface area (Å²) in [7, 11) is 0. The number of terminal acetylenes is 1. The monoisotopic (exact) mass is 372 g/mol. The van der Waals surface area contributed by atoms with E-state index in [9.17, 15) is 9.90 Å². The molecule has 0 radical (unpaired) electrons. The molecule has 0 spiro atoms. The van der Waals surface area contributed by atoms with Gasteiger partial charge in [-0.1, -0.05) is 49.5 Å². The Bertz CT molecular complexity index is 673. The number of carbonyl (C=O) groups is 1. The molecule has 0 heterocycles. The topological polar surface area (TPSA) is 66.8 Å². The third-order valence-corrected chi connectivity index (χ3v) is 5.13. The van der Waals surface area contributed by atoms with E-state index in [-0.39, 0.29) is 29.6 Å². The van der Waals surface area contributed by atoms with E-state index in [4.69, 9.17) is 11.7 Å². The zero-order chi connectivity index (χ0) is 20.4. The normalized spacial score (nSPS) is 21.0. The second kappa shape index (κ2) is 11.5. The summed E-state index contributed by atoms with van der Waals surface area (Å²) in [5.41, 5.74) is 2.82. The van der Waals surface area contributed by atoms with Crippen molar-refractivity contribution in [2.24, 2.45) is 11.8 Å². The number of rotatable bonds is 9. The predicted molar refractivity (Wildman–Crippen MR) is 109 cm³/mol. The van der Waals surface area contributed by atoms with Crippen LogP contribution in [0.5, 0.6) is 0 Å². The minimum Gasteiger partial charge on any atom is -0.511 e. The Labute approximate surface area is 163 Å². The number of aliphatic hydroxyl groups is 1. The van der Waals surface area contributed by atoms with Crippen LogP contribution in [0.15, 0.2) is 46.8 Å². The van der Waals surface area contributed by atoms with Crippen molar-refractivity contribution in [2.75, 3.05) is 0 Å².